The standard InChI is InChI=1S/C24H24N2O3S/c1-16-10-11-18(13-17(16)2)23(27)26-21(14-20-8-6-12-30-20)24(28)25-15-19-7-4-5-9-22(19)29-3/h4-14H,15H2,1-3H3,(H,25,28)(H,26,27)/b21-14+. The lowest BCUT2D eigenvalue weighted by Gasteiger charge is -2.13. The number of nitrogens with one attached hydrogen (secondary N) is 2. The molecule has 30 heavy (non-hydrogen) atoms. The molecule has 0 aliphatic carbocycles. The predicted octanol–water partition coefficient (Wildman–Crippen LogP) is 4.46. The van der Waals surface area contributed by atoms with E-state index in [2.05, 4.69) is 10.6 Å². The summed E-state index contributed by atoms with van der Waals surface area (Å²) in [5.41, 5.74) is 3.68. The van der Waals surface area contributed by atoms with Crippen molar-refractivity contribution in [1.82, 2.24) is 10.6 Å². The van der Waals surface area contributed by atoms with Crippen LogP contribution in [0.3, 0.4) is 0 Å². The van der Waals surface area contributed by atoms with E-state index in [4.69, 9.17) is 4.74 Å². The van der Waals surface area contributed by atoms with Crippen LogP contribution in [0, 0.1) is 13.8 Å². The Morgan fingerprint density at radius 3 is 2.53 bits per heavy atom. The molecule has 3 aromatic rings. The lowest BCUT2D eigenvalue weighted by atomic mass is 10.1. The van der Waals surface area contributed by atoms with Crippen LogP contribution in [0.25, 0.3) is 6.08 Å². The number of carbonyl (C=O) groups excluding carboxylic acids is 2. The number of methoxy groups -OCH3 is 1. The summed E-state index contributed by atoms with van der Waals surface area (Å²) in [7, 11) is 1.59. The highest BCUT2D eigenvalue weighted by Gasteiger charge is 2.16. The molecule has 0 atom stereocenters. The van der Waals surface area contributed by atoms with E-state index in [0.717, 1.165) is 21.6 Å². The van der Waals surface area contributed by atoms with Gasteiger partial charge in [-0.2, -0.15) is 0 Å². The monoisotopic (exact) mass is 420 g/mol. The van der Waals surface area contributed by atoms with Crippen molar-refractivity contribution in [3.8, 4) is 5.75 Å². The maximum absolute atomic E-state index is 12.9. The molecule has 0 aliphatic heterocycles. The van der Waals surface area contributed by atoms with Crippen molar-refractivity contribution in [2.75, 3.05) is 7.11 Å². The Bertz CT molecular complexity index is 1070. The van der Waals surface area contributed by atoms with E-state index in [-0.39, 0.29) is 24.1 Å². The van der Waals surface area contributed by atoms with E-state index < -0.39 is 0 Å². The van der Waals surface area contributed by atoms with Gasteiger partial charge in [0.05, 0.1) is 7.11 Å². The quantitative estimate of drug-likeness (QED) is 0.555. The van der Waals surface area contributed by atoms with Crippen LogP contribution in [0.5, 0.6) is 5.75 Å². The highest BCUT2D eigenvalue weighted by atomic mass is 32.1. The van der Waals surface area contributed by atoms with Crippen molar-refractivity contribution in [2.24, 2.45) is 0 Å². The van der Waals surface area contributed by atoms with Gasteiger partial charge in [0.15, 0.2) is 0 Å². The van der Waals surface area contributed by atoms with Crippen molar-refractivity contribution < 1.29 is 14.3 Å². The Hall–Kier alpha value is -3.38. The smallest absolute Gasteiger partial charge is 0.268 e. The molecule has 1 heterocycles. The molecule has 154 valence electrons. The third-order valence-electron chi connectivity index (χ3n) is 4.72. The molecule has 0 unspecified atom stereocenters. The molecule has 0 fully saturated rings. The Balaban J connectivity index is 1.79. The largest absolute Gasteiger partial charge is 0.496 e. The third kappa shape index (κ3) is 5.36. The normalized spacial score (nSPS) is 11.1. The molecular formula is C24H24N2O3S. The third-order valence-corrected chi connectivity index (χ3v) is 5.54. The van der Waals surface area contributed by atoms with Gasteiger partial charge in [0.25, 0.3) is 11.8 Å². The van der Waals surface area contributed by atoms with Gasteiger partial charge in [-0.15, -0.1) is 11.3 Å². The molecule has 3 rings (SSSR count). The highest BCUT2D eigenvalue weighted by molar-refractivity contribution is 7.10. The molecule has 0 radical (unpaired) electrons. The van der Waals surface area contributed by atoms with Crippen molar-refractivity contribution in [3.63, 3.8) is 0 Å². The Morgan fingerprint density at radius 1 is 1.03 bits per heavy atom. The predicted molar refractivity (Wildman–Crippen MR) is 121 cm³/mol. The van der Waals surface area contributed by atoms with E-state index in [9.17, 15) is 9.59 Å². The number of amides is 2. The summed E-state index contributed by atoms with van der Waals surface area (Å²) < 4.78 is 5.33. The van der Waals surface area contributed by atoms with Crippen LogP contribution in [0.4, 0.5) is 0 Å². The average molecular weight is 421 g/mol. The Morgan fingerprint density at radius 2 is 1.83 bits per heavy atom. The lowest BCUT2D eigenvalue weighted by Crippen LogP contribution is -2.34. The highest BCUT2D eigenvalue weighted by Crippen LogP contribution is 2.18. The second-order valence-electron chi connectivity index (χ2n) is 6.82. The summed E-state index contributed by atoms with van der Waals surface area (Å²) in [5.74, 6) is 0.000546. The van der Waals surface area contributed by atoms with Crippen molar-refractivity contribution in [2.45, 2.75) is 20.4 Å². The summed E-state index contributed by atoms with van der Waals surface area (Å²) in [6.07, 6.45) is 1.68. The zero-order valence-electron chi connectivity index (χ0n) is 17.2. The number of ether oxygens (including phenoxy) is 1. The van der Waals surface area contributed by atoms with Gasteiger partial charge in [-0.05, 0) is 60.7 Å². The summed E-state index contributed by atoms with van der Waals surface area (Å²) in [4.78, 5) is 26.6. The van der Waals surface area contributed by atoms with Gasteiger partial charge in [-0.1, -0.05) is 30.3 Å². The van der Waals surface area contributed by atoms with Gasteiger partial charge in [0, 0.05) is 22.5 Å². The molecule has 2 aromatic carbocycles. The minimum absolute atomic E-state index is 0.190. The maximum Gasteiger partial charge on any atom is 0.268 e. The first-order valence-corrected chi connectivity index (χ1v) is 10.4. The van der Waals surface area contributed by atoms with Crippen molar-refractivity contribution in [3.05, 3.63) is 92.8 Å². The molecule has 0 bridgehead atoms. The van der Waals surface area contributed by atoms with Crippen LogP contribution in [-0.2, 0) is 11.3 Å². The van der Waals surface area contributed by atoms with Crippen LogP contribution in [0.15, 0.2) is 65.7 Å². The fourth-order valence-corrected chi connectivity index (χ4v) is 3.53. The van der Waals surface area contributed by atoms with Crippen LogP contribution >= 0.6 is 11.3 Å². The summed E-state index contributed by atoms with van der Waals surface area (Å²) >= 11 is 1.49. The second-order valence-corrected chi connectivity index (χ2v) is 7.80. The molecule has 2 amide bonds. The number of benzene rings is 2. The van der Waals surface area contributed by atoms with Crippen molar-refractivity contribution in [1.29, 1.82) is 0 Å². The van der Waals surface area contributed by atoms with Crippen LogP contribution in [0.2, 0.25) is 0 Å². The van der Waals surface area contributed by atoms with Gasteiger partial charge in [-0.3, -0.25) is 9.59 Å². The maximum atomic E-state index is 12.9. The molecular weight excluding hydrogens is 396 g/mol. The van der Waals surface area contributed by atoms with E-state index >= 15 is 0 Å². The second kappa shape index (κ2) is 9.89. The Labute approximate surface area is 180 Å². The number of rotatable bonds is 7. The first-order chi connectivity index (χ1) is 14.5. The molecule has 0 saturated heterocycles. The van der Waals surface area contributed by atoms with Crippen molar-refractivity contribution >= 4 is 29.2 Å². The molecule has 5 nitrogen and oxygen atoms in total. The summed E-state index contributed by atoms with van der Waals surface area (Å²) in [5, 5.41) is 7.55. The van der Waals surface area contributed by atoms with Gasteiger partial charge in [0.1, 0.15) is 11.4 Å². The fraction of sp³-hybridized carbons (Fsp3) is 0.167. The fourth-order valence-electron chi connectivity index (χ4n) is 2.87. The minimum Gasteiger partial charge on any atom is -0.496 e. The number of hydrogen-bond donors (Lipinski definition) is 2. The number of hydrogen-bond acceptors (Lipinski definition) is 4. The zero-order chi connectivity index (χ0) is 21.5. The number of para-hydroxylation sites is 1. The van der Waals surface area contributed by atoms with Gasteiger partial charge in [0.2, 0.25) is 0 Å². The summed E-state index contributed by atoms with van der Waals surface area (Å²) in [6.45, 7) is 4.23. The summed E-state index contributed by atoms with van der Waals surface area (Å²) in [6, 6.07) is 16.7. The molecule has 0 aliphatic rings. The van der Waals surface area contributed by atoms with Gasteiger partial charge < -0.3 is 15.4 Å². The first kappa shape index (κ1) is 21.3. The van der Waals surface area contributed by atoms with Crippen LogP contribution < -0.4 is 15.4 Å². The van der Waals surface area contributed by atoms with E-state index in [1.807, 2.05) is 67.8 Å². The molecule has 2 N–H and O–H groups in total. The Kier molecular flexibility index (Phi) is 7.03. The zero-order valence-corrected chi connectivity index (χ0v) is 18.0. The van der Waals surface area contributed by atoms with Gasteiger partial charge in [-0.25, -0.2) is 0 Å². The van der Waals surface area contributed by atoms with Gasteiger partial charge >= 0.3 is 0 Å². The van der Waals surface area contributed by atoms with Crippen LogP contribution in [-0.4, -0.2) is 18.9 Å². The van der Waals surface area contributed by atoms with E-state index in [0.29, 0.717) is 11.3 Å². The number of aryl methyl sites for hydroxylation is 2. The number of carbonyl (C=O) groups is 2. The first-order valence-electron chi connectivity index (χ1n) is 9.52. The molecule has 0 spiro atoms. The van der Waals surface area contributed by atoms with E-state index in [1.54, 1.807) is 19.3 Å². The van der Waals surface area contributed by atoms with Crippen LogP contribution in [0.1, 0.15) is 31.9 Å². The SMILES string of the molecule is COc1ccccc1CNC(=O)/C(=C\c1cccs1)NC(=O)c1ccc(C)c(C)c1. The molecule has 6 heteroatoms. The molecule has 0 saturated carbocycles. The minimum atomic E-state index is -0.369. The topological polar surface area (TPSA) is 67.4 Å². The molecule has 1 aromatic heterocycles. The lowest BCUT2D eigenvalue weighted by molar-refractivity contribution is -0.117. The van der Waals surface area contributed by atoms with E-state index in [1.165, 1.54) is 11.3 Å². The average Bonchev–Trinajstić information content (AvgIpc) is 3.26. The number of thiophene rings is 1.